The van der Waals surface area contributed by atoms with Crippen LogP contribution < -0.4 is 14.8 Å². The minimum atomic E-state index is -0.504. The van der Waals surface area contributed by atoms with E-state index in [0.29, 0.717) is 29.5 Å². The monoisotopic (exact) mass is 439 g/mol. The molecule has 0 saturated heterocycles. The Hall–Kier alpha value is -3.06. The van der Waals surface area contributed by atoms with Gasteiger partial charge in [-0.3, -0.25) is 0 Å². The van der Waals surface area contributed by atoms with Gasteiger partial charge in [0.1, 0.15) is 30.1 Å². The van der Waals surface area contributed by atoms with Crippen molar-refractivity contribution in [1.82, 2.24) is 5.32 Å². The van der Waals surface area contributed by atoms with Crippen molar-refractivity contribution >= 4 is 17.2 Å². The average molecular weight is 440 g/mol. The first kappa shape index (κ1) is 24.2. The summed E-state index contributed by atoms with van der Waals surface area (Å²) in [6.45, 7) is 2.99. The molecule has 4 nitrogen and oxygen atoms in total. The lowest BCUT2D eigenvalue weighted by Gasteiger charge is -2.20. The molecule has 0 aliphatic rings. The molecule has 0 aliphatic carbocycles. The first-order chi connectivity index (χ1) is 15.1. The Morgan fingerprint density at radius 3 is 2.58 bits per heavy atom. The second-order valence-electron chi connectivity index (χ2n) is 6.47. The molecule has 0 aromatic heterocycles. The predicted molar refractivity (Wildman–Crippen MR) is 125 cm³/mol. The number of methoxy groups -OCH3 is 1. The number of rotatable bonds is 10. The summed E-state index contributed by atoms with van der Waals surface area (Å²) < 4.78 is 30.0. The molecule has 2 aromatic carbocycles. The molecule has 2 rings (SSSR count). The van der Waals surface area contributed by atoms with Gasteiger partial charge in [0.25, 0.3) is 0 Å². The van der Waals surface area contributed by atoms with Gasteiger partial charge in [0.05, 0.1) is 7.11 Å². The summed E-state index contributed by atoms with van der Waals surface area (Å²) in [4.78, 5) is 0.519. The smallest absolute Gasteiger partial charge is 0.162 e. The maximum atomic E-state index is 13.3. The average Bonchev–Trinajstić information content (AvgIpc) is 2.78. The van der Waals surface area contributed by atoms with Crippen molar-refractivity contribution in [3.63, 3.8) is 0 Å². The van der Waals surface area contributed by atoms with E-state index in [2.05, 4.69) is 23.1 Å². The Bertz CT molecular complexity index is 957. The minimum absolute atomic E-state index is 0.180. The van der Waals surface area contributed by atoms with Crippen molar-refractivity contribution in [2.45, 2.75) is 25.9 Å². The van der Waals surface area contributed by atoms with Crippen LogP contribution in [0, 0.1) is 30.0 Å². The summed E-state index contributed by atoms with van der Waals surface area (Å²) in [6.07, 6.45) is 6.19. The molecule has 0 saturated carbocycles. The van der Waals surface area contributed by atoms with Crippen molar-refractivity contribution in [3.05, 3.63) is 59.4 Å². The zero-order valence-corrected chi connectivity index (χ0v) is 18.6. The number of terminal acetylenes is 1. The summed E-state index contributed by atoms with van der Waals surface area (Å²) in [7, 11) is 1.58. The van der Waals surface area contributed by atoms with Crippen LogP contribution in [-0.4, -0.2) is 31.9 Å². The Kier molecular flexibility index (Phi) is 10.4. The third kappa shape index (κ3) is 7.94. The van der Waals surface area contributed by atoms with Crippen molar-refractivity contribution < 1.29 is 18.6 Å². The summed E-state index contributed by atoms with van der Waals surface area (Å²) in [5.74, 6) is 9.26. The first-order valence-corrected chi connectivity index (χ1v) is 10.3. The fraction of sp³-hybridized carbons (Fsp3) is 0.320. The van der Waals surface area contributed by atoms with E-state index in [1.54, 1.807) is 19.2 Å². The van der Waals surface area contributed by atoms with Gasteiger partial charge in [-0.15, -0.1) is 12.3 Å². The fourth-order valence-corrected chi connectivity index (χ4v) is 3.10. The number of benzene rings is 2. The lowest BCUT2D eigenvalue weighted by molar-refractivity contribution is 0.127. The van der Waals surface area contributed by atoms with Gasteiger partial charge < -0.3 is 19.5 Å². The van der Waals surface area contributed by atoms with E-state index in [1.165, 1.54) is 12.1 Å². The van der Waals surface area contributed by atoms with Gasteiger partial charge in [-0.25, -0.2) is 4.39 Å². The van der Waals surface area contributed by atoms with E-state index >= 15 is 0 Å². The molecule has 0 radical (unpaired) electrons. The summed E-state index contributed by atoms with van der Waals surface area (Å²) in [5.41, 5.74) is 1.82. The topological polar surface area (TPSA) is 39.7 Å². The van der Waals surface area contributed by atoms with Crippen molar-refractivity contribution in [1.29, 1.82) is 0 Å². The van der Waals surface area contributed by atoms with E-state index in [4.69, 9.17) is 32.9 Å². The number of ether oxygens (including phenoxy) is 3. The molecule has 31 heavy (non-hydrogen) atoms. The van der Waals surface area contributed by atoms with Crippen LogP contribution in [0.15, 0.2) is 42.5 Å². The zero-order chi connectivity index (χ0) is 22.5. The Morgan fingerprint density at radius 2 is 1.90 bits per heavy atom. The second kappa shape index (κ2) is 13.3. The quantitative estimate of drug-likeness (QED) is 0.437. The molecule has 6 heteroatoms. The third-order valence-corrected chi connectivity index (χ3v) is 4.65. The highest BCUT2D eigenvalue weighted by Crippen LogP contribution is 2.28. The maximum absolute atomic E-state index is 13.3. The van der Waals surface area contributed by atoms with Gasteiger partial charge in [0, 0.05) is 13.0 Å². The van der Waals surface area contributed by atoms with Gasteiger partial charge in [-0.1, -0.05) is 49.2 Å². The van der Waals surface area contributed by atoms with E-state index in [0.717, 1.165) is 17.5 Å². The standard InChI is InChI=1S/C25H26FNO3S/c1-4-6-7-17-30-24(20-9-11-21(26)12-10-20)25(31)27-15-14-19-8-13-22(29-16-5-2)23(18-19)28-3/h2,8-13,18,24H,4,14-17H2,1,3H3,(H,27,31). The second-order valence-corrected chi connectivity index (χ2v) is 6.91. The molecule has 0 bridgehead atoms. The Labute approximate surface area is 189 Å². The van der Waals surface area contributed by atoms with Gasteiger partial charge in [0.2, 0.25) is 0 Å². The Morgan fingerprint density at radius 1 is 1.13 bits per heavy atom. The predicted octanol–water partition coefficient (Wildman–Crippen LogP) is 4.48. The van der Waals surface area contributed by atoms with Crippen LogP contribution in [0.25, 0.3) is 0 Å². The molecule has 2 aromatic rings. The third-order valence-electron chi connectivity index (χ3n) is 4.29. The summed E-state index contributed by atoms with van der Waals surface area (Å²) >= 11 is 5.56. The number of thiocarbonyl (C=S) groups is 1. The van der Waals surface area contributed by atoms with Crippen molar-refractivity contribution in [2.75, 3.05) is 26.9 Å². The highest BCUT2D eigenvalue weighted by Gasteiger charge is 2.17. The van der Waals surface area contributed by atoms with E-state index in [1.807, 2.05) is 25.1 Å². The van der Waals surface area contributed by atoms with Crippen LogP contribution in [0.5, 0.6) is 11.5 Å². The first-order valence-electron chi connectivity index (χ1n) is 9.92. The van der Waals surface area contributed by atoms with Crippen molar-refractivity contribution in [2.24, 2.45) is 0 Å². The van der Waals surface area contributed by atoms with E-state index < -0.39 is 6.10 Å². The molecule has 1 N–H and O–H groups in total. The van der Waals surface area contributed by atoms with E-state index in [-0.39, 0.29) is 19.0 Å². The Balaban J connectivity index is 2.00. The maximum Gasteiger partial charge on any atom is 0.162 e. The van der Waals surface area contributed by atoms with Gasteiger partial charge in [-0.2, -0.15) is 0 Å². The molecule has 0 amide bonds. The number of hydrogen-bond acceptors (Lipinski definition) is 4. The van der Waals surface area contributed by atoms with Gasteiger partial charge in [0.15, 0.2) is 11.5 Å². The van der Waals surface area contributed by atoms with Crippen LogP contribution in [0.2, 0.25) is 0 Å². The highest BCUT2D eigenvalue weighted by atomic mass is 32.1. The summed E-state index contributed by atoms with van der Waals surface area (Å²) in [5, 5.41) is 3.24. The molecule has 0 aliphatic heterocycles. The minimum Gasteiger partial charge on any atom is -0.493 e. The normalized spacial score (nSPS) is 10.9. The molecular weight excluding hydrogens is 413 g/mol. The largest absolute Gasteiger partial charge is 0.493 e. The van der Waals surface area contributed by atoms with Gasteiger partial charge in [-0.05, 0) is 41.8 Å². The number of halogens is 1. The molecule has 1 atom stereocenters. The lowest BCUT2D eigenvalue weighted by atomic mass is 10.1. The lowest BCUT2D eigenvalue weighted by Crippen LogP contribution is -2.31. The molecule has 0 fully saturated rings. The fourth-order valence-electron chi connectivity index (χ4n) is 2.79. The number of nitrogens with one attached hydrogen (secondary N) is 1. The molecule has 0 spiro atoms. The molecular formula is C25H26FNO3S. The van der Waals surface area contributed by atoms with Crippen LogP contribution in [0.1, 0.15) is 30.6 Å². The zero-order valence-electron chi connectivity index (χ0n) is 17.7. The van der Waals surface area contributed by atoms with Crippen LogP contribution in [0.3, 0.4) is 0 Å². The summed E-state index contributed by atoms with van der Waals surface area (Å²) in [6, 6.07) is 11.8. The SMILES string of the molecule is C#CCOc1ccc(CCNC(=S)C(OCC#CCC)c2ccc(F)cc2)cc1OC. The van der Waals surface area contributed by atoms with Crippen molar-refractivity contribution in [3.8, 4) is 35.7 Å². The van der Waals surface area contributed by atoms with Crippen LogP contribution >= 0.6 is 12.2 Å². The van der Waals surface area contributed by atoms with Crippen LogP contribution in [-0.2, 0) is 11.2 Å². The van der Waals surface area contributed by atoms with Gasteiger partial charge >= 0.3 is 0 Å². The van der Waals surface area contributed by atoms with E-state index in [9.17, 15) is 4.39 Å². The van der Waals surface area contributed by atoms with Crippen LogP contribution in [0.4, 0.5) is 4.39 Å². The molecule has 0 heterocycles. The molecule has 162 valence electrons. The highest BCUT2D eigenvalue weighted by molar-refractivity contribution is 7.80. The molecule has 1 unspecified atom stereocenters. The number of hydrogen-bond donors (Lipinski definition) is 1.